The van der Waals surface area contributed by atoms with E-state index >= 15 is 0 Å². The summed E-state index contributed by atoms with van der Waals surface area (Å²) in [4.78, 5) is 0. The Balaban J connectivity index is 2.21. The van der Waals surface area contributed by atoms with Crippen molar-refractivity contribution >= 4 is 15.9 Å². The van der Waals surface area contributed by atoms with Gasteiger partial charge in [0.25, 0.3) is 0 Å². The van der Waals surface area contributed by atoms with Crippen molar-refractivity contribution in [2.24, 2.45) is 5.92 Å². The average molecular weight is 296 g/mol. The van der Waals surface area contributed by atoms with E-state index in [9.17, 15) is 0 Å². The molecule has 1 fully saturated rings. The minimum Gasteiger partial charge on any atom is -0.314 e. The first-order chi connectivity index (χ1) is 8.10. The van der Waals surface area contributed by atoms with Crippen molar-refractivity contribution in [2.45, 2.75) is 45.1 Å². The molecule has 0 heterocycles. The molecule has 2 atom stereocenters. The smallest absolute Gasteiger partial charge is 0.0213 e. The van der Waals surface area contributed by atoms with Crippen molar-refractivity contribution in [2.75, 3.05) is 6.54 Å². The van der Waals surface area contributed by atoms with Crippen LogP contribution in [0, 0.1) is 5.92 Å². The molecule has 94 valence electrons. The third-order valence-electron chi connectivity index (χ3n) is 3.96. The summed E-state index contributed by atoms with van der Waals surface area (Å²) in [5.74, 6) is 0.840. The molecule has 0 bridgehead atoms. The largest absolute Gasteiger partial charge is 0.314 e. The lowest BCUT2D eigenvalue weighted by Gasteiger charge is -2.21. The van der Waals surface area contributed by atoms with Gasteiger partial charge >= 0.3 is 0 Å². The first-order valence-corrected chi connectivity index (χ1v) is 7.38. The van der Waals surface area contributed by atoms with Crippen LogP contribution in [0.1, 0.15) is 39.2 Å². The minimum atomic E-state index is 0.374. The highest BCUT2D eigenvalue weighted by molar-refractivity contribution is 9.10. The van der Waals surface area contributed by atoms with Gasteiger partial charge < -0.3 is 5.32 Å². The van der Waals surface area contributed by atoms with Crippen molar-refractivity contribution in [3.63, 3.8) is 0 Å². The van der Waals surface area contributed by atoms with Gasteiger partial charge in [-0.3, -0.25) is 0 Å². The van der Waals surface area contributed by atoms with E-state index in [2.05, 4.69) is 66.3 Å². The average Bonchev–Trinajstić information content (AvgIpc) is 3.02. The van der Waals surface area contributed by atoms with Crippen molar-refractivity contribution < 1.29 is 0 Å². The van der Waals surface area contributed by atoms with Crippen LogP contribution < -0.4 is 5.32 Å². The fraction of sp³-hybridized carbons (Fsp3) is 0.600. The summed E-state index contributed by atoms with van der Waals surface area (Å²) in [6, 6.07) is 9.26. The van der Waals surface area contributed by atoms with Crippen LogP contribution >= 0.6 is 15.9 Å². The number of hydrogen-bond donors (Lipinski definition) is 1. The summed E-state index contributed by atoms with van der Waals surface area (Å²) in [6.45, 7) is 7.85. The Bertz CT molecular complexity index is 388. The van der Waals surface area contributed by atoms with Crippen molar-refractivity contribution in [1.82, 2.24) is 5.32 Å². The minimum absolute atomic E-state index is 0.374. The highest BCUT2D eigenvalue weighted by Gasteiger charge is 2.54. The molecule has 0 saturated heterocycles. The molecule has 17 heavy (non-hydrogen) atoms. The number of benzene rings is 1. The van der Waals surface area contributed by atoms with Gasteiger partial charge in [0.1, 0.15) is 0 Å². The molecule has 0 aliphatic heterocycles. The summed E-state index contributed by atoms with van der Waals surface area (Å²) < 4.78 is 1.27. The molecule has 2 unspecified atom stereocenters. The van der Waals surface area contributed by atoms with E-state index in [0.29, 0.717) is 11.5 Å². The van der Waals surface area contributed by atoms with Gasteiger partial charge in [-0.25, -0.2) is 0 Å². The molecule has 1 aliphatic carbocycles. The van der Waals surface area contributed by atoms with Gasteiger partial charge in [-0.05, 0) is 24.0 Å². The second kappa shape index (κ2) is 5.11. The normalized spacial score (nSPS) is 27.5. The quantitative estimate of drug-likeness (QED) is 0.862. The Morgan fingerprint density at radius 1 is 1.41 bits per heavy atom. The van der Waals surface area contributed by atoms with Gasteiger partial charge in [-0.2, -0.15) is 0 Å². The Hall–Kier alpha value is -0.340. The fourth-order valence-electron chi connectivity index (χ4n) is 2.81. The van der Waals surface area contributed by atoms with Crippen LogP contribution in [0.25, 0.3) is 0 Å². The van der Waals surface area contributed by atoms with Gasteiger partial charge in [0.05, 0.1) is 0 Å². The first kappa shape index (κ1) is 13.1. The van der Waals surface area contributed by atoms with E-state index in [4.69, 9.17) is 0 Å². The van der Waals surface area contributed by atoms with Gasteiger partial charge in [0.2, 0.25) is 0 Å². The van der Waals surface area contributed by atoms with Crippen LogP contribution in [-0.2, 0) is 5.41 Å². The second-order valence-electron chi connectivity index (χ2n) is 5.48. The highest BCUT2D eigenvalue weighted by atomic mass is 79.9. The van der Waals surface area contributed by atoms with E-state index in [1.54, 1.807) is 0 Å². The number of halogens is 1. The standard InChI is InChI=1S/C15H22BrN/c1-4-12-9-15(12,10-17-11(2)3)13-7-5-6-8-14(13)16/h5-8,11-12,17H,4,9-10H2,1-3H3. The fourth-order valence-corrected chi connectivity index (χ4v) is 3.49. The lowest BCUT2D eigenvalue weighted by molar-refractivity contribution is 0.486. The lowest BCUT2D eigenvalue weighted by Crippen LogP contribution is -2.33. The predicted molar refractivity (Wildman–Crippen MR) is 77.4 cm³/mol. The molecule has 1 aromatic carbocycles. The van der Waals surface area contributed by atoms with Gasteiger partial charge in [0.15, 0.2) is 0 Å². The van der Waals surface area contributed by atoms with Crippen LogP contribution in [0.4, 0.5) is 0 Å². The SMILES string of the molecule is CCC1CC1(CNC(C)C)c1ccccc1Br. The maximum atomic E-state index is 3.71. The molecular formula is C15H22BrN. The molecule has 0 spiro atoms. The third kappa shape index (κ3) is 2.58. The Morgan fingerprint density at radius 3 is 2.65 bits per heavy atom. The molecule has 1 aliphatic rings. The van der Waals surface area contributed by atoms with E-state index in [1.807, 2.05) is 0 Å². The molecule has 1 aromatic rings. The van der Waals surface area contributed by atoms with Crippen LogP contribution in [0.3, 0.4) is 0 Å². The highest BCUT2D eigenvalue weighted by Crippen LogP contribution is 2.57. The van der Waals surface area contributed by atoms with Crippen LogP contribution in [-0.4, -0.2) is 12.6 Å². The monoisotopic (exact) mass is 295 g/mol. The zero-order valence-corrected chi connectivity index (χ0v) is 12.5. The molecule has 0 amide bonds. The summed E-state index contributed by atoms with van der Waals surface area (Å²) in [5, 5.41) is 3.62. The van der Waals surface area contributed by atoms with Gasteiger partial charge in [0, 0.05) is 22.5 Å². The molecule has 2 heteroatoms. The van der Waals surface area contributed by atoms with Gasteiger partial charge in [-0.15, -0.1) is 0 Å². The van der Waals surface area contributed by atoms with Crippen LogP contribution in [0.2, 0.25) is 0 Å². The van der Waals surface area contributed by atoms with E-state index < -0.39 is 0 Å². The second-order valence-corrected chi connectivity index (χ2v) is 6.34. The zero-order chi connectivity index (χ0) is 12.5. The van der Waals surface area contributed by atoms with Gasteiger partial charge in [-0.1, -0.05) is 61.3 Å². The number of nitrogens with one attached hydrogen (secondary N) is 1. The summed E-state index contributed by atoms with van der Waals surface area (Å²) >= 11 is 3.71. The van der Waals surface area contributed by atoms with Crippen molar-refractivity contribution in [3.8, 4) is 0 Å². The van der Waals surface area contributed by atoms with E-state index in [-0.39, 0.29) is 0 Å². The van der Waals surface area contributed by atoms with E-state index in [1.165, 1.54) is 22.9 Å². The Kier molecular flexibility index (Phi) is 3.94. The molecule has 1 nitrogen and oxygen atoms in total. The number of rotatable bonds is 5. The van der Waals surface area contributed by atoms with E-state index in [0.717, 1.165) is 12.5 Å². The van der Waals surface area contributed by atoms with Crippen LogP contribution in [0.15, 0.2) is 28.7 Å². The summed E-state index contributed by atoms with van der Waals surface area (Å²) in [6.07, 6.45) is 2.60. The maximum Gasteiger partial charge on any atom is 0.0213 e. The zero-order valence-electron chi connectivity index (χ0n) is 11.0. The van der Waals surface area contributed by atoms with Crippen LogP contribution in [0.5, 0.6) is 0 Å². The maximum absolute atomic E-state index is 3.71. The Labute approximate surface area is 113 Å². The molecule has 1 saturated carbocycles. The number of hydrogen-bond acceptors (Lipinski definition) is 1. The summed E-state index contributed by atoms with van der Waals surface area (Å²) in [5.41, 5.74) is 1.86. The Morgan fingerprint density at radius 2 is 2.12 bits per heavy atom. The van der Waals surface area contributed by atoms with Crippen molar-refractivity contribution in [3.05, 3.63) is 34.3 Å². The molecule has 0 aromatic heterocycles. The third-order valence-corrected chi connectivity index (χ3v) is 4.65. The summed E-state index contributed by atoms with van der Waals surface area (Å²) in [7, 11) is 0. The van der Waals surface area contributed by atoms with Crippen molar-refractivity contribution in [1.29, 1.82) is 0 Å². The first-order valence-electron chi connectivity index (χ1n) is 6.58. The molecule has 1 N–H and O–H groups in total. The topological polar surface area (TPSA) is 12.0 Å². The molecular weight excluding hydrogens is 274 g/mol. The molecule has 2 rings (SSSR count). The predicted octanol–water partition coefficient (Wildman–Crippen LogP) is 4.11. The molecule has 0 radical (unpaired) electrons. The lowest BCUT2D eigenvalue weighted by atomic mass is 9.92.